The van der Waals surface area contributed by atoms with Crippen molar-refractivity contribution in [2.45, 2.75) is 33.1 Å². The summed E-state index contributed by atoms with van der Waals surface area (Å²) in [4.78, 5) is 0. The van der Waals surface area contributed by atoms with Crippen LogP contribution in [0, 0.1) is 17.5 Å². The summed E-state index contributed by atoms with van der Waals surface area (Å²) in [6.07, 6.45) is 1.81. The van der Waals surface area contributed by atoms with E-state index in [0.29, 0.717) is 41.9 Å². The lowest BCUT2D eigenvalue weighted by Crippen LogP contribution is -2.00. The van der Waals surface area contributed by atoms with Crippen LogP contribution in [0.3, 0.4) is 0 Å². The van der Waals surface area contributed by atoms with Crippen LogP contribution < -0.4 is 4.74 Å². The Balaban J connectivity index is 1.46. The van der Waals surface area contributed by atoms with Crippen LogP contribution in [0.1, 0.15) is 30.5 Å². The number of halogens is 3. The molecule has 0 spiro atoms. The van der Waals surface area contributed by atoms with E-state index in [-0.39, 0.29) is 11.4 Å². The van der Waals surface area contributed by atoms with Crippen LogP contribution >= 0.6 is 0 Å². The van der Waals surface area contributed by atoms with E-state index in [9.17, 15) is 13.2 Å². The number of rotatable bonds is 8. The quantitative estimate of drug-likeness (QED) is 0.258. The van der Waals surface area contributed by atoms with Gasteiger partial charge in [0.15, 0.2) is 11.6 Å². The lowest BCUT2D eigenvalue weighted by Gasteiger charge is -2.10. The Hall–Kier alpha value is -3.53. The lowest BCUT2D eigenvalue weighted by atomic mass is 9.97. The molecule has 0 bridgehead atoms. The summed E-state index contributed by atoms with van der Waals surface area (Å²) in [5.74, 6) is -1.47. The van der Waals surface area contributed by atoms with Gasteiger partial charge in [0.05, 0.1) is 6.61 Å². The maximum Gasteiger partial charge on any atom is 0.166 e. The molecular weight excluding hydrogens is 433 g/mol. The van der Waals surface area contributed by atoms with Gasteiger partial charge in [0.2, 0.25) is 0 Å². The molecule has 34 heavy (non-hydrogen) atoms. The lowest BCUT2D eigenvalue weighted by molar-refractivity contribution is 0.338. The van der Waals surface area contributed by atoms with Gasteiger partial charge in [0, 0.05) is 17.2 Å². The Labute approximate surface area is 198 Å². The average Bonchev–Trinajstić information content (AvgIpc) is 2.86. The van der Waals surface area contributed by atoms with Crippen LogP contribution in [0.2, 0.25) is 0 Å². The molecule has 4 heteroatoms. The minimum atomic E-state index is -0.817. The summed E-state index contributed by atoms with van der Waals surface area (Å²) in [5.41, 5.74) is 4.63. The second-order valence-corrected chi connectivity index (χ2v) is 8.22. The zero-order valence-electron chi connectivity index (χ0n) is 19.4. The minimum Gasteiger partial charge on any atom is -0.494 e. The highest BCUT2D eigenvalue weighted by atomic mass is 19.2. The maximum absolute atomic E-state index is 14.8. The highest BCUT2D eigenvalue weighted by Gasteiger charge is 2.15. The summed E-state index contributed by atoms with van der Waals surface area (Å²) in [6.45, 7) is 4.38. The van der Waals surface area contributed by atoms with Gasteiger partial charge in [-0.1, -0.05) is 67.6 Å². The third kappa shape index (κ3) is 5.17. The van der Waals surface area contributed by atoms with Crippen molar-refractivity contribution in [1.29, 1.82) is 0 Å². The van der Waals surface area contributed by atoms with Crippen LogP contribution in [0.5, 0.6) is 5.75 Å². The van der Waals surface area contributed by atoms with Gasteiger partial charge in [0.25, 0.3) is 0 Å². The summed E-state index contributed by atoms with van der Waals surface area (Å²) in [5, 5.41) is 0. The molecule has 0 N–H and O–H groups in total. The fraction of sp³-hybridized carbons (Fsp3) is 0.200. The first-order valence-electron chi connectivity index (χ1n) is 11.6. The summed E-state index contributed by atoms with van der Waals surface area (Å²) < 4.78 is 49.4. The summed E-state index contributed by atoms with van der Waals surface area (Å²) in [7, 11) is 0. The molecule has 0 heterocycles. The molecule has 0 saturated carbocycles. The number of aryl methyl sites for hydroxylation is 3. The van der Waals surface area contributed by atoms with Crippen molar-refractivity contribution in [3.8, 4) is 28.0 Å². The maximum atomic E-state index is 14.8. The molecule has 4 rings (SSSR count). The summed E-state index contributed by atoms with van der Waals surface area (Å²) >= 11 is 0. The molecule has 174 valence electrons. The minimum absolute atomic E-state index is 0.269. The van der Waals surface area contributed by atoms with E-state index in [2.05, 4.69) is 6.92 Å². The van der Waals surface area contributed by atoms with E-state index in [0.717, 1.165) is 23.1 Å². The molecule has 4 aromatic rings. The van der Waals surface area contributed by atoms with Gasteiger partial charge in [-0.15, -0.1) is 0 Å². The smallest absolute Gasteiger partial charge is 0.166 e. The molecule has 0 fully saturated rings. The molecule has 0 saturated heterocycles. The molecule has 0 aliphatic rings. The number of benzene rings is 4. The predicted molar refractivity (Wildman–Crippen MR) is 132 cm³/mol. The molecule has 0 aliphatic heterocycles. The van der Waals surface area contributed by atoms with Crippen LogP contribution in [0.4, 0.5) is 13.2 Å². The Bertz CT molecular complexity index is 1260. The largest absolute Gasteiger partial charge is 0.494 e. The third-order valence-electron chi connectivity index (χ3n) is 6.03. The van der Waals surface area contributed by atoms with Crippen molar-refractivity contribution in [1.82, 2.24) is 0 Å². The summed E-state index contributed by atoms with van der Waals surface area (Å²) in [6, 6.07) is 23.1. The topological polar surface area (TPSA) is 9.23 Å². The molecule has 0 radical (unpaired) electrons. The first kappa shape index (κ1) is 23.6. The SMILES string of the molecule is CCOc1ccc(-c2ccc(CCc3ccc(-c4ccc(CC)cc4)c(F)c3F)cc2)c(F)c1. The fourth-order valence-electron chi connectivity index (χ4n) is 4.04. The van der Waals surface area contributed by atoms with Crippen molar-refractivity contribution < 1.29 is 17.9 Å². The van der Waals surface area contributed by atoms with Crippen molar-refractivity contribution in [3.63, 3.8) is 0 Å². The van der Waals surface area contributed by atoms with Crippen molar-refractivity contribution in [2.24, 2.45) is 0 Å². The molecule has 0 unspecified atom stereocenters. The van der Waals surface area contributed by atoms with Gasteiger partial charge in [-0.05, 0) is 66.1 Å². The molecule has 1 nitrogen and oxygen atoms in total. The van der Waals surface area contributed by atoms with Gasteiger partial charge in [0.1, 0.15) is 11.6 Å². The molecule has 0 aliphatic carbocycles. The normalized spacial score (nSPS) is 11.0. The van der Waals surface area contributed by atoms with E-state index in [1.54, 1.807) is 24.3 Å². The van der Waals surface area contributed by atoms with Crippen LogP contribution in [-0.4, -0.2) is 6.61 Å². The zero-order chi connectivity index (χ0) is 24.1. The van der Waals surface area contributed by atoms with Gasteiger partial charge in [-0.25, -0.2) is 13.2 Å². The highest BCUT2D eigenvalue weighted by Crippen LogP contribution is 2.29. The first-order chi connectivity index (χ1) is 16.5. The Kier molecular flexibility index (Phi) is 7.36. The molecular formula is C30H27F3O. The molecule has 0 amide bonds. The standard InChI is InChI=1S/C30H27F3O/c1-3-20-5-10-23(11-6-20)27-17-15-24(29(32)30(27)33)14-9-21-7-12-22(13-8-21)26-18-16-25(34-4-2)19-28(26)31/h5-8,10-13,15-19H,3-4,9,14H2,1-2H3. The Morgan fingerprint density at radius 3 is 1.85 bits per heavy atom. The number of ether oxygens (including phenoxy) is 1. The van der Waals surface area contributed by atoms with E-state index < -0.39 is 11.6 Å². The van der Waals surface area contributed by atoms with E-state index in [4.69, 9.17) is 4.74 Å². The molecule has 0 aromatic heterocycles. The van der Waals surface area contributed by atoms with Crippen LogP contribution in [0.25, 0.3) is 22.3 Å². The molecule has 0 atom stereocenters. The van der Waals surface area contributed by atoms with Crippen LogP contribution in [-0.2, 0) is 19.3 Å². The third-order valence-corrected chi connectivity index (χ3v) is 6.03. The number of hydrogen-bond acceptors (Lipinski definition) is 1. The Morgan fingerprint density at radius 2 is 1.24 bits per heavy atom. The van der Waals surface area contributed by atoms with Gasteiger partial charge < -0.3 is 4.74 Å². The van der Waals surface area contributed by atoms with E-state index >= 15 is 0 Å². The fourth-order valence-corrected chi connectivity index (χ4v) is 4.04. The van der Waals surface area contributed by atoms with Crippen molar-refractivity contribution >= 4 is 0 Å². The van der Waals surface area contributed by atoms with Gasteiger partial charge in [-0.2, -0.15) is 0 Å². The highest BCUT2D eigenvalue weighted by molar-refractivity contribution is 5.66. The number of hydrogen-bond donors (Lipinski definition) is 0. The molecule has 4 aromatic carbocycles. The zero-order valence-corrected chi connectivity index (χ0v) is 19.4. The van der Waals surface area contributed by atoms with Gasteiger partial charge >= 0.3 is 0 Å². The average molecular weight is 461 g/mol. The van der Waals surface area contributed by atoms with Crippen molar-refractivity contribution in [3.05, 3.63) is 113 Å². The Morgan fingerprint density at radius 1 is 0.618 bits per heavy atom. The van der Waals surface area contributed by atoms with Gasteiger partial charge in [-0.3, -0.25) is 0 Å². The first-order valence-corrected chi connectivity index (χ1v) is 11.6. The van der Waals surface area contributed by atoms with E-state index in [1.807, 2.05) is 55.5 Å². The predicted octanol–water partition coefficient (Wildman–Crippen LogP) is 8.18. The van der Waals surface area contributed by atoms with Crippen molar-refractivity contribution in [2.75, 3.05) is 6.61 Å². The monoisotopic (exact) mass is 460 g/mol. The second kappa shape index (κ2) is 10.6. The van der Waals surface area contributed by atoms with Crippen LogP contribution in [0.15, 0.2) is 78.9 Å². The van der Waals surface area contributed by atoms with E-state index in [1.165, 1.54) is 6.07 Å². The second-order valence-electron chi connectivity index (χ2n) is 8.22.